The fourth-order valence-electron chi connectivity index (χ4n) is 2.09. The maximum Gasteiger partial charge on any atom is 0.399 e. The first-order valence-corrected chi connectivity index (χ1v) is 7.55. The van der Waals surface area contributed by atoms with Gasteiger partial charge in [-0.15, -0.1) is 0 Å². The van der Waals surface area contributed by atoms with Crippen LogP contribution in [0.2, 0.25) is 0 Å². The van der Waals surface area contributed by atoms with Gasteiger partial charge in [-0.2, -0.15) is 13.2 Å². The van der Waals surface area contributed by atoms with Gasteiger partial charge in [-0.05, 0) is 30.2 Å². The molecule has 1 unspecified atom stereocenters. The second kappa shape index (κ2) is 7.01. The smallest absolute Gasteiger partial charge is 0.204 e. The molecule has 128 valence electrons. The van der Waals surface area contributed by atoms with Crippen molar-refractivity contribution in [2.24, 2.45) is 0 Å². The topological polar surface area (TPSA) is 0 Å². The Kier molecular flexibility index (Phi) is 5.42. The molecule has 0 spiro atoms. The zero-order valence-electron chi connectivity index (χ0n) is 12.3. The van der Waals surface area contributed by atoms with Crippen LogP contribution in [0.5, 0.6) is 0 Å². The minimum Gasteiger partial charge on any atom is -0.204 e. The van der Waals surface area contributed by atoms with Gasteiger partial charge in [0.25, 0.3) is 0 Å². The first-order chi connectivity index (χ1) is 11.1. The molecule has 0 saturated heterocycles. The summed E-state index contributed by atoms with van der Waals surface area (Å²) in [5, 5.41) is 0. The molecule has 24 heavy (non-hydrogen) atoms. The molecule has 1 atom stereocenters. The lowest BCUT2D eigenvalue weighted by Crippen LogP contribution is -2.20. The summed E-state index contributed by atoms with van der Waals surface area (Å²) in [7, 11) is 0. The summed E-state index contributed by atoms with van der Waals surface area (Å²) >= 11 is 3.26. The normalized spacial score (nSPS) is 13.5. The lowest BCUT2D eigenvalue weighted by molar-refractivity contribution is -0.140. The highest BCUT2D eigenvalue weighted by molar-refractivity contribution is 9.10. The molecule has 0 saturated carbocycles. The highest BCUT2D eigenvalue weighted by Crippen LogP contribution is 2.38. The van der Waals surface area contributed by atoms with E-state index < -0.39 is 35.1 Å². The van der Waals surface area contributed by atoms with Gasteiger partial charge in [0.1, 0.15) is 5.92 Å². The number of alkyl halides is 3. The van der Waals surface area contributed by atoms with E-state index in [1.165, 1.54) is 0 Å². The molecule has 0 fully saturated rings. The predicted molar refractivity (Wildman–Crippen MR) is 83.0 cm³/mol. The van der Waals surface area contributed by atoms with Crippen LogP contribution in [-0.4, -0.2) is 6.18 Å². The van der Waals surface area contributed by atoms with Crippen LogP contribution in [0, 0.1) is 24.4 Å². The van der Waals surface area contributed by atoms with Crippen molar-refractivity contribution in [2.45, 2.75) is 19.0 Å². The minimum atomic E-state index is -4.86. The van der Waals surface area contributed by atoms with Crippen molar-refractivity contribution >= 4 is 22.0 Å². The number of hydrogen-bond acceptors (Lipinski definition) is 0. The van der Waals surface area contributed by atoms with Crippen LogP contribution in [0.15, 0.2) is 40.9 Å². The molecule has 0 radical (unpaired) electrons. The lowest BCUT2D eigenvalue weighted by atomic mass is 9.96. The second-order valence-corrected chi connectivity index (χ2v) is 6.01. The van der Waals surface area contributed by atoms with Crippen molar-refractivity contribution < 1.29 is 26.3 Å². The van der Waals surface area contributed by atoms with Gasteiger partial charge < -0.3 is 0 Å². The molecule has 0 bridgehead atoms. The van der Waals surface area contributed by atoms with Gasteiger partial charge in [-0.1, -0.05) is 46.3 Å². The van der Waals surface area contributed by atoms with Gasteiger partial charge in [-0.3, -0.25) is 0 Å². The third kappa shape index (κ3) is 4.01. The second-order valence-electron chi connectivity index (χ2n) is 5.15. The van der Waals surface area contributed by atoms with E-state index in [2.05, 4.69) is 15.9 Å². The van der Waals surface area contributed by atoms with Crippen LogP contribution in [0.25, 0.3) is 6.08 Å². The molecule has 0 aliphatic rings. The summed E-state index contributed by atoms with van der Waals surface area (Å²) in [6.07, 6.45) is -2.99. The predicted octanol–water partition coefficient (Wildman–Crippen LogP) is 6.53. The largest absolute Gasteiger partial charge is 0.399 e. The maximum atomic E-state index is 13.7. The Hall–Kier alpha value is -1.76. The molecule has 7 heteroatoms. The van der Waals surface area contributed by atoms with Crippen molar-refractivity contribution in [3.8, 4) is 0 Å². The Morgan fingerprint density at radius 3 is 2.25 bits per heavy atom. The summed E-state index contributed by atoms with van der Waals surface area (Å²) in [6, 6.07) is 5.96. The van der Waals surface area contributed by atoms with Crippen LogP contribution in [0.1, 0.15) is 22.6 Å². The minimum absolute atomic E-state index is 0.449. The molecule has 2 rings (SSSR count). The molecule has 0 nitrogen and oxygen atoms in total. The zero-order chi connectivity index (χ0) is 18.1. The van der Waals surface area contributed by atoms with Crippen LogP contribution in [-0.2, 0) is 0 Å². The van der Waals surface area contributed by atoms with E-state index in [4.69, 9.17) is 0 Å². The first-order valence-electron chi connectivity index (χ1n) is 6.75. The van der Waals surface area contributed by atoms with Gasteiger partial charge in [0, 0.05) is 10.0 Å². The van der Waals surface area contributed by atoms with Crippen LogP contribution < -0.4 is 0 Å². The van der Waals surface area contributed by atoms with Crippen molar-refractivity contribution in [3.05, 3.63) is 75.0 Å². The van der Waals surface area contributed by atoms with E-state index in [1.807, 2.05) is 6.92 Å². The van der Waals surface area contributed by atoms with E-state index in [0.29, 0.717) is 28.2 Å². The number of hydrogen-bond donors (Lipinski definition) is 0. The van der Waals surface area contributed by atoms with Crippen LogP contribution >= 0.6 is 15.9 Å². The summed E-state index contributed by atoms with van der Waals surface area (Å²) in [4.78, 5) is 0. The van der Waals surface area contributed by atoms with Gasteiger partial charge in [0.05, 0.1) is 0 Å². The van der Waals surface area contributed by atoms with Crippen molar-refractivity contribution in [1.82, 2.24) is 0 Å². The molecule has 0 N–H and O–H groups in total. The quantitative estimate of drug-likeness (QED) is 0.399. The third-order valence-electron chi connectivity index (χ3n) is 3.43. The summed E-state index contributed by atoms with van der Waals surface area (Å²) in [5.41, 5.74) is 0.375. The number of rotatable bonds is 3. The number of allylic oxidation sites excluding steroid dienone is 1. The third-order valence-corrected chi connectivity index (χ3v) is 4.28. The van der Waals surface area contributed by atoms with Gasteiger partial charge in [-0.25, -0.2) is 13.2 Å². The van der Waals surface area contributed by atoms with Crippen molar-refractivity contribution in [3.63, 3.8) is 0 Å². The van der Waals surface area contributed by atoms with Crippen LogP contribution in [0.4, 0.5) is 26.3 Å². The van der Waals surface area contributed by atoms with Crippen LogP contribution in [0.3, 0.4) is 0 Å². The molecule has 0 heterocycles. The van der Waals surface area contributed by atoms with Gasteiger partial charge in [0.2, 0.25) is 0 Å². The molecular weight excluding hydrogens is 398 g/mol. The Morgan fingerprint density at radius 2 is 1.67 bits per heavy atom. The fourth-order valence-corrected chi connectivity index (χ4v) is 2.49. The SMILES string of the molecule is Cc1ccc(/C=C/C(c2ccc(F)c(F)c2F)C(F)(F)F)cc1Br. The standard InChI is InChI=1S/C17H11BrF6/c1-9-2-3-10(8-13(9)18)4-6-12(17(22,23)24)11-5-7-14(19)16(21)15(11)20/h2-8,12H,1H3/b6-4+. The molecule has 0 aliphatic heterocycles. The Labute approximate surface area is 142 Å². The molecular formula is C17H11BrF6. The van der Waals surface area contributed by atoms with E-state index in [0.717, 1.165) is 11.6 Å². The maximum absolute atomic E-state index is 13.7. The molecule has 0 aromatic heterocycles. The Balaban J connectivity index is 2.45. The van der Waals surface area contributed by atoms with E-state index in [-0.39, 0.29) is 0 Å². The Bertz CT molecular complexity index is 779. The highest BCUT2D eigenvalue weighted by Gasteiger charge is 2.41. The number of halogens is 7. The van der Waals surface area contributed by atoms with Gasteiger partial charge >= 0.3 is 6.18 Å². The lowest BCUT2D eigenvalue weighted by Gasteiger charge is -2.18. The number of benzene rings is 2. The summed E-state index contributed by atoms with van der Waals surface area (Å²) in [6.45, 7) is 1.81. The monoisotopic (exact) mass is 408 g/mol. The number of aryl methyl sites for hydroxylation is 1. The Morgan fingerprint density at radius 1 is 1.00 bits per heavy atom. The first kappa shape index (κ1) is 18.6. The average Bonchev–Trinajstić information content (AvgIpc) is 2.49. The van der Waals surface area contributed by atoms with Crippen molar-refractivity contribution in [2.75, 3.05) is 0 Å². The molecule has 0 amide bonds. The van der Waals surface area contributed by atoms with Crippen molar-refractivity contribution in [1.29, 1.82) is 0 Å². The molecule has 0 aliphatic carbocycles. The highest BCUT2D eigenvalue weighted by atomic mass is 79.9. The zero-order valence-corrected chi connectivity index (χ0v) is 13.9. The molecule has 2 aromatic rings. The average molecular weight is 409 g/mol. The van der Waals surface area contributed by atoms with E-state index >= 15 is 0 Å². The van der Waals surface area contributed by atoms with Gasteiger partial charge in [0.15, 0.2) is 17.5 Å². The summed E-state index contributed by atoms with van der Waals surface area (Å²) in [5.74, 6) is -7.70. The van der Waals surface area contributed by atoms with E-state index in [9.17, 15) is 26.3 Å². The molecule has 2 aromatic carbocycles. The fraction of sp³-hybridized carbons (Fsp3) is 0.176. The summed E-state index contributed by atoms with van der Waals surface area (Å²) < 4.78 is 80.3. The van der Waals surface area contributed by atoms with E-state index in [1.54, 1.807) is 18.2 Å².